The summed E-state index contributed by atoms with van der Waals surface area (Å²) < 4.78 is 0. The van der Waals surface area contributed by atoms with Gasteiger partial charge in [-0.15, -0.1) is 11.3 Å². The third-order valence-electron chi connectivity index (χ3n) is 5.62. The molecule has 0 bridgehead atoms. The summed E-state index contributed by atoms with van der Waals surface area (Å²) in [5.41, 5.74) is 4.62. The first-order valence-corrected chi connectivity index (χ1v) is 11.9. The van der Waals surface area contributed by atoms with Crippen LogP contribution in [0.5, 0.6) is 0 Å². The van der Waals surface area contributed by atoms with Gasteiger partial charge in [-0.05, 0) is 59.7 Å². The number of hydrogen-bond donors (Lipinski definition) is 2. The number of carbonyl (C=O) groups is 2. The van der Waals surface area contributed by atoms with E-state index >= 15 is 0 Å². The molecule has 1 heterocycles. The molecule has 4 aromatic rings. The first kappa shape index (κ1) is 23.2. The molecule has 5 heteroatoms. The van der Waals surface area contributed by atoms with Gasteiger partial charge in [-0.3, -0.25) is 9.59 Å². The number of thiophene rings is 1. The van der Waals surface area contributed by atoms with Crippen molar-refractivity contribution in [1.29, 1.82) is 0 Å². The number of rotatable bonds is 7. The molecule has 1 aromatic heterocycles. The molecule has 4 nitrogen and oxygen atoms in total. The molecule has 170 valence electrons. The van der Waals surface area contributed by atoms with E-state index in [1.807, 2.05) is 104 Å². The normalized spacial score (nSPS) is 12.1. The van der Waals surface area contributed by atoms with Crippen molar-refractivity contribution >= 4 is 29.2 Å². The standard InChI is InChI=1S/C29H26N2O2S/c1-20-11-6-8-16-24(20)27(22-13-4-3-5-14-22)31-29(33)26(19-23-15-10-18-34-23)30-28(32)25-17-9-7-12-21(25)2/h3-19,27H,1-2H3,(H,30,32)(H,31,33)/b26-19-/t27-/m1/s1. The molecule has 3 aromatic carbocycles. The van der Waals surface area contributed by atoms with Gasteiger partial charge in [-0.25, -0.2) is 0 Å². The van der Waals surface area contributed by atoms with Gasteiger partial charge in [0.05, 0.1) is 6.04 Å². The van der Waals surface area contributed by atoms with Crippen LogP contribution in [0.15, 0.2) is 102 Å². The van der Waals surface area contributed by atoms with E-state index in [9.17, 15) is 9.59 Å². The molecule has 1 atom stereocenters. The Bertz CT molecular complexity index is 1310. The van der Waals surface area contributed by atoms with Crippen LogP contribution >= 0.6 is 11.3 Å². The van der Waals surface area contributed by atoms with Gasteiger partial charge in [0.15, 0.2) is 0 Å². The van der Waals surface area contributed by atoms with Crippen LogP contribution in [0, 0.1) is 13.8 Å². The second-order valence-corrected chi connectivity index (χ2v) is 9.00. The Kier molecular flexibility index (Phi) is 7.35. The molecule has 2 amide bonds. The van der Waals surface area contributed by atoms with Gasteiger partial charge in [0.1, 0.15) is 5.70 Å². The predicted octanol–water partition coefficient (Wildman–Crippen LogP) is 6.04. The molecule has 0 spiro atoms. The average Bonchev–Trinajstić information content (AvgIpc) is 3.36. The molecular weight excluding hydrogens is 440 g/mol. The number of hydrogen-bond acceptors (Lipinski definition) is 3. The second-order valence-electron chi connectivity index (χ2n) is 8.02. The van der Waals surface area contributed by atoms with E-state index in [2.05, 4.69) is 10.6 Å². The zero-order valence-electron chi connectivity index (χ0n) is 19.1. The van der Waals surface area contributed by atoms with Crippen LogP contribution in [-0.4, -0.2) is 11.8 Å². The zero-order valence-corrected chi connectivity index (χ0v) is 19.9. The Morgan fingerprint density at radius 2 is 1.47 bits per heavy atom. The molecule has 34 heavy (non-hydrogen) atoms. The van der Waals surface area contributed by atoms with E-state index in [-0.39, 0.29) is 23.6 Å². The van der Waals surface area contributed by atoms with Crippen molar-refractivity contribution in [2.24, 2.45) is 0 Å². The van der Waals surface area contributed by atoms with Crippen molar-refractivity contribution in [3.63, 3.8) is 0 Å². The zero-order chi connectivity index (χ0) is 23.9. The summed E-state index contributed by atoms with van der Waals surface area (Å²) in [7, 11) is 0. The molecule has 0 radical (unpaired) electrons. The van der Waals surface area contributed by atoms with Gasteiger partial charge < -0.3 is 10.6 Å². The van der Waals surface area contributed by atoms with Crippen LogP contribution in [0.25, 0.3) is 6.08 Å². The van der Waals surface area contributed by atoms with E-state index < -0.39 is 0 Å². The fourth-order valence-corrected chi connectivity index (χ4v) is 4.45. The lowest BCUT2D eigenvalue weighted by molar-refractivity contribution is -0.118. The molecule has 0 aliphatic heterocycles. The third kappa shape index (κ3) is 5.50. The van der Waals surface area contributed by atoms with Crippen molar-refractivity contribution < 1.29 is 9.59 Å². The van der Waals surface area contributed by atoms with Crippen molar-refractivity contribution in [2.75, 3.05) is 0 Å². The smallest absolute Gasteiger partial charge is 0.268 e. The van der Waals surface area contributed by atoms with Gasteiger partial charge >= 0.3 is 0 Å². The molecule has 0 fully saturated rings. The van der Waals surface area contributed by atoms with Crippen molar-refractivity contribution in [2.45, 2.75) is 19.9 Å². The lowest BCUT2D eigenvalue weighted by Gasteiger charge is -2.22. The maximum absolute atomic E-state index is 13.6. The largest absolute Gasteiger partial charge is 0.340 e. The molecule has 0 unspecified atom stereocenters. The Balaban J connectivity index is 1.68. The van der Waals surface area contributed by atoms with E-state index in [4.69, 9.17) is 0 Å². The van der Waals surface area contributed by atoms with Crippen LogP contribution in [0.1, 0.15) is 43.5 Å². The molecule has 0 saturated carbocycles. The second kappa shape index (κ2) is 10.8. The van der Waals surface area contributed by atoms with Gasteiger partial charge in [-0.1, -0.05) is 78.9 Å². The van der Waals surface area contributed by atoms with E-state index in [0.717, 1.165) is 27.1 Å². The highest BCUT2D eigenvalue weighted by molar-refractivity contribution is 7.10. The number of aryl methyl sites for hydroxylation is 2. The highest BCUT2D eigenvalue weighted by Gasteiger charge is 2.22. The Labute approximate surface area is 204 Å². The van der Waals surface area contributed by atoms with Gasteiger partial charge in [0.25, 0.3) is 11.8 Å². The minimum atomic E-state index is -0.364. The number of benzene rings is 3. The van der Waals surface area contributed by atoms with E-state index in [1.165, 1.54) is 11.3 Å². The van der Waals surface area contributed by atoms with Gasteiger partial charge in [0, 0.05) is 10.4 Å². The summed E-state index contributed by atoms with van der Waals surface area (Å²) in [5.74, 6) is -0.671. The van der Waals surface area contributed by atoms with Crippen LogP contribution in [-0.2, 0) is 4.79 Å². The average molecular weight is 467 g/mol. The highest BCUT2D eigenvalue weighted by Crippen LogP contribution is 2.25. The molecule has 0 aliphatic carbocycles. The van der Waals surface area contributed by atoms with Crippen LogP contribution in [0.3, 0.4) is 0 Å². The van der Waals surface area contributed by atoms with Gasteiger partial charge in [-0.2, -0.15) is 0 Å². The predicted molar refractivity (Wildman–Crippen MR) is 139 cm³/mol. The quantitative estimate of drug-likeness (QED) is 0.326. The molecule has 4 rings (SSSR count). The van der Waals surface area contributed by atoms with Crippen LogP contribution in [0.4, 0.5) is 0 Å². The van der Waals surface area contributed by atoms with Crippen molar-refractivity contribution in [1.82, 2.24) is 10.6 Å². The van der Waals surface area contributed by atoms with Crippen LogP contribution < -0.4 is 10.6 Å². The molecule has 0 aliphatic rings. The summed E-state index contributed by atoms with van der Waals surface area (Å²) in [6.45, 7) is 3.90. The van der Waals surface area contributed by atoms with Gasteiger partial charge in [0.2, 0.25) is 0 Å². The summed E-state index contributed by atoms with van der Waals surface area (Å²) in [6.07, 6.45) is 1.72. The van der Waals surface area contributed by atoms with E-state index in [0.29, 0.717) is 5.56 Å². The number of amides is 2. The van der Waals surface area contributed by atoms with Crippen molar-refractivity contribution in [3.8, 4) is 0 Å². The number of nitrogens with one attached hydrogen (secondary N) is 2. The maximum Gasteiger partial charge on any atom is 0.268 e. The lowest BCUT2D eigenvalue weighted by Crippen LogP contribution is -2.37. The molecular formula is C29H26N2O2S. The number of carbonyl (C=O) groups excluding carboxylic acids is 2. The minimum absolute atomic E-state index is 0.199. The first-order chi connectivity index (χ1) is 16.5. The summed E-state index contributed by atoms with van der Waals surface area (Å²) in [4.78, 5) is 27.5. The maximum atomic E-state index is 13.6. The summed E-state index contributed by atoms with van der Waals surface area (Å²) >= 11 is 1.50. The molecule has 0 saturated heterocycles. The topological polar surface area (TPSA) is 58.2 Å². The summed E-state index contributed by atoms with van der Waals surface area (Å²) in [5, 5.41) is 7.94. The van der Waals surface area contributed by atoms with E-state index in [1.54, 1.807) is 12.1 Å². The Morgan fingerprint density at radius 3 is 2.15 bits per heavy atom. The highest BCUT2D eigenvalue weighted by atomic mass is 32.1. The SMILES string of the molecule is Cc1ccccc1C(=O)N/C(=C\c1cccs1)C(=O)N[C@H](c1ccccc1)c1ccccc1C. The molecule has 2 N–H and O–H groups in total. The Hall–Kier alpha value is -3.96. The minimum Gasteiger partial charge on any atom is -0.340 e. The third-order valence-corrected chi connectivity index (χ3v) is 6.44. The first-order valence-electron chi connectivity index (χ1n) is 11.1. The summed E-state index contributed by atoms with van der Waals surface area (Å²) in [6, 6.07) is 28.6. The monoisotopic (exact) mass is 466 g/mol. The lowest BCUT2D eigenvalue weighted by atomic mass is 9.95. The fourth-order valence-electron chi connectivity index (χ4n) is 3.80. The van der Waals surface area contributed by atoms with Crippen LogP contribution in [0.2, 0.25) is 0 Å². The fraction of sp³-hybridized carbons (Fsp3) is 0.103. The van der Waals surface area contributed by atoms with Crippen molar-refractivity contribution in [3.05, 3.63) is 135 Å². The Morgan fingerprint density at radius 1 is 0.794 bits per heavy atom.